The molecular weight excluding hydrogens is 520 g/mol. The fourth-order valence-corrected chi connectivity index (χ4v) is 3.52. The van der Waals surface area contributed by atoms with Gasteiger partial charge in [-0.3, -0.25) is 10.4 Å². The highest BCUT2D eigenvalue weighted by Crippen LogP contribution is 2.29. The second kappa shape index (κ2) is 16.4. The van der Waals surface area contributed by atoms with E-state index in [4.69, 9.17) is 17.0 Å². The first-order chi connectivity index (χ1) is 18.8. The summed E-state index contributed by atoms with van der Waals surface area (Å²) in [5.74, 6) is -0.267. The van der Waals surface area contributed by atoms with Crippen molar-refractivity contribution < 1.29 is 8.78 Å². The molecule has 0 bridgehead atoms. The Kier molecular flexibility index (Phi) is 12.9. The molecule has 0 unspecified atom stereocenters. The molecule has 4 N–H and O–H groups in total. The predicted octanol–water partition coefficient (Wildman–Crippen LogP) is 6.28. The maximum Gasteiger partial charge on any atom is 0.148 e. The fraction of sp³-hybridized carbons (Fsp3) is 0.138. The van der Waals surface area contributed by atoms with E-state index in [-0.39, 0.29) is 35.5 Å². The van der Waals surface area contributed by atoms with E-state index >= 15 is 4.39 Å². The Morgan fingerprint density at radius 3 is 2.56 bits per heavy atom. The van der Waals surface area contributed by atoms with Crippen molar-refractivity contribution in [1.29, 1.82) is 5.41 Å². The number of anilines is 2. The van der Waals surface area contributed by atoms with Crippen LogP contribution in [0, 0.1) is 11.2 Å². The first kappa shape index (κ1) is 30.7. The first-order valence-corrected chi connectivity index (χ1v) is 12.2. The van der Waals surface area contributed by atoms with Gasteiger partial charge in [0.1, 0.15) is 29.2 Å². The highest BCUT2D eigenvalue weighted by atomic mass is 35.5. The van der Waals surface area contributed by atoms with Crippen LogP contribution in [0.3, 0.4) is 0 Å². The number of amidine groups is 1. The molecule has 0 spiro atoms. The van der Waals surface area contributed by atoms with Gasteiger partial charge in [0.15, 0.2) is 0 Å². The van der Waals surface area contributed by atoms with Crippen molar-refractivity contribution in [3.8, 4) is 0 Å². The van der Waals surface area contributed by atoms with Crippen LogP contribution in [0.2, 0.25) is 0 Å². The lowest BCUT2D eigenvalue weighted by molar-refractivity contribution is 0.561. The van der Waals surface area contributed by atoms with Crippen LogP contribution in [-0.4, -0.2) is 38.0 Å². The minimum Gasteiger partial charge on any atom is -0.392 e. The Balaban J connectivity index is 2.82. The van der Waals surface area contributed by atoms with E-state index in [1.54, 1.807) is 24.1 Å². The SMILES string of the molecule is C=CNCC(=C/N=C)/C(=N/C(=C/NC)C(=N)Cl)N(Cc1ccccc1)c1cc(NC(=C)/C=C/CF)ccc1F. The first-order valence-electron chi connectivity index (χ1n) is 11.8. The van der Waals surface area contributed by atoms with Crippen LogP contribution in [0.5, 0.6) is 0 Å². The van der Waals surface area contributed by atoms with Gasteiger partial charge in [0.25, 0.3) is 0 Å². The van der Waals surface area contributed by atoms with Crippen molar-refractivity contribution in [2.75, 3.05) is 30.5 Å². The normalized spacial score (nSPS) is 12.2. The fourth-order valence-electron chi connectivity index (χ4n) is 3.43. The van der Waals surface area contributed by atoms with E-state index in [0.717, 1.165) is 5.56 Å². The molecular formula is C29H32ClF2N7. The van der Waals surface area contributed by atoms with Crippen LogP contribution in [0.4, 0.5) is 20.2 Å². The van der Waals surface area contributed by atoms with Gasteiger partial charge in [-0.25, -0.2) is 13.8 Å². The molecule has 0 aliphatic rings. The Morgan fingerprint density at radius 1 is 1.21 bits per heavy atom. The quantitative estimate of drug-likeness (QED) is 0.119. The van der Waals surface area contributed by atoms with Crippen molar-refractivity contribution in [3.05, 3.63) is 121 Å². The summed E-state index contributed by atoms with van der Waals surface area (Å²) in [6.45, 7) is 10.9. The lowest BCUT2D eigenvalue weighted by Gasteiger charge is -2.29. The number of allylic oxidation sites excluding steroid dienone is 3. The van der Waals surface area contributed by atoms with Gasteiger partial charge < -0.3 is 20.9 Å². The molecule has 7 nitrogen and oxygen atoms in total. The number of halogens is 3. The Labute approximate surface area is 233 Å². The molecule has 0 aliphatic carbocycles. The van der Waals surface area contributed by atoms with Crippen molar-refractivity contribution in [2.24, 2.45) is 9.98 Å². The summed E-state index contributed by atoms with van der Waals surface area (Å²) < 4.78 is 28.1. The summed E-state index contributed by atoms with van der Waals surface area (Å²) in [6, 6.07) is 13.9. The van der Waals surface area contributed by atoms with Gasteiger partial charge in [0, 0.05) is 49.5 Å². The number of aliphatic imine (C=N–C) groups is 2. The lowest BCUT2D eigenvalue weighted by Crippen LogP contribution is -2.35. The number of hydrogen-bond acceptors (Lipinski definition) is 6. The van der Waals surface area contributed by atoms with Gasteiger partial charge in [-0.15, -0.1) is 0 Å². The minimum atomic E-state index is -0.636. The molecule has 39 heavy (non-hydrogen) atoms. The van der Waals surface area contributed by atoms with Crippen molar-refractivity contribution in [2.45, 2.75) is 6.54 Å². The lowest BCUT2D eigenvalue weighted by atomic mass is 10.1. The van der Waals surface area contributed by atoms with E-state index in [1.807, 2.05) is 30.3 Å². The van der Waals surface area contributed by atoms with Crippen molar-refractivity contribution in [1.82, 2.24) is 10.6 Å². The van der Waals surface area contributed by atoms with Crippen molar-refractivity contribution in [3.63, 3.8) is 0 Å². The number of hydrogen-bond donors (Lipinski definition) is 4. The molecule has 0 atom stereocenters. The molecule has 0 saturated carbocycles. The summed E-state index contributed by atoms with van der Waals surface area (Å²) in [5.41, 5.74) is 2.61. The van der Waals surface area contributed by atoms with Crippen LogP contribution >= 0.6 is 11.6 Å². The van der Waals surface area contributed by atoms with Crippen LogP contribution in [0.15, 0.2) is 119 Å². The molecule has 0 fully saturated rings. The maximum atomic E-state index is 15.6. The Hall–Kier alpha value is -4.50. The Morgan fingerprint density at radius 2 is 1.95 bits per heavy atom. The van der Waals surface area contributed by atoms with Crippen LogP contribution in [0.1, 0.15) is 5.56 Å². The minimum absolute atomic E-state index is 0.111. The smallest absolute Gasteiger partial charge is 0.148 e. The van der Waals surface area contributed by atoms with Crippen molar-refractivity contribution >= 4 is 40.7 Å². The van der Waals surface area contributed by atoms with E-state index in [0.29, 0.717) is 17.0 Å². The molecule has 2 rings (SSSR count). The van der Waals surface area contributed by atoms with Crippen LogP contribution in [0.25, 0.3) is 0 Å². The molecule has 2 aromatic rings. The third kappa shape index (κ3) is 9.71. The summed E-state index contributed by atoms with van der Waals surface area (Å²) in [5, 5.41) is 16.6. The molecule has 0 amide bonds. The number of nitrogens with zero attached hydrogens (tertiary/aromatic N) is 3. The molecule has 0 heterocycles. The highest BCUT2D eigenvalue weighted by molar-refractivity contribution is 6.68. The number of nitrogens with one attached hydrogen (secondary N) is 4. The maximum absolute atomic E-state index is 15.6. The molecule has 2 aromatic carbocycles. The van der Waals surface area contributed by atoms with Gasteiger partial charge >= 0.3 is 0 Å². The van der Waals surface area contributed by atoms with Gasteiger partial charge in [-0.05, 0) is 42.8 Å². The summed E-state index contributed by atoms with van der Waals surface area (Å²) in [7, 11) is 1.65. The topological polar surface area (TPSA) is 87.9 Å². The second-order valence-corrected chi connectivity index (χ2v) is 8.31. The average molecular weight is 552 g/mol. The average Bonchev–Trinajstić information content (AvgIpc) is 2.93. The van der Waals surface area contributed by atoms with Crippen LogP contribution in [-0.2, 0) is 6.54 Å². The van der Waals surface area contributed by atoms with Gasteiger partial charge in [-0.1, -0.05) is 61.2 Å². The number of benzene rings is 2. The second-order valence-electron chi connectivity index (χ2n) is 7.93. The largest absolute Gasteiger partial charge is 0.392 e. The zero-order chi connectivity index (χ0) is 28.6. The van der Waals surface area contributed by atoms with Gasteiger partial charge in [0.05, 0.1) is 5.69 Å². The predicted molar refractivity (Wildman–Crippen MR) is 161 cm³/mol. The van der Waals surface area contributed by atoms with E-state index in [1.165, 1.54) is 36.8 Å². The zero-order valence-corrected chi connectivity index (χ0v) is 22.5. The molecule has 10 heteroatoms. The standard InChI is InChI=1S/C29H32ClF2N7/c1-5-36-18-23(17-34-3)29(38-26(19-35-4)28(30)33)39(20-22-11-7-6-8-12-22)27-16-24(13-14-25(27)32)37-21(2)10-9-15-31/h5-14,16-17,19,33,35-37H,1-3,15,18,20H2,4H3/b10-9+,23-17-,26-19+,33-28?,38-29-. The molecule has 0 aromatic heterocycles. The van der Waals surface area contributed by atoms with Gasteiger partial charge in [0.2, 0.25) is 0 Å². The van der Waals surface area contributed by atoms with E-state index in [9.17, 15) is 4.39 Å². The third-order valence-electron chi connectivity index (χ3n) is 5.09. The third-order valence-corrected chi connectivity index (χ3v) is 5.29. The van der Waals surface area contributed by atoms with E-state index < -0.39 is 12.5 Å². The highest BCUT2D eigenvalue weighted by Gasteiger charge is 2.23. The van der Waals surface area contributed by atoms with Crippen LogP contribution < -0.4 is 20.9 Å². The molecule has 204 valence electrons. The molecule has 0 radical (unpaired) electrons. The monoisotopic (exact) mass is 551 g/mol. The summed E-state index contributed by atoms with van der Waals surface area (Å²) >= 11 is 6.05. The summed E-state index contributed by atoms with van der Waals surface area (Å²) in [6.07, 6.45) is 7.27. The summed E-state index contributed by atoms with van der Waals surface area (Å²) in [4.78, 5) is 10.3. The zero-order valence-electron chi connectivity index (χ0n) is 21.7. The molecule has 0 saturated heterocycles. The number of rotatable bonds is 15. The van der Waals surface area contributed by atoms with Gasteiger partial charge in [-0.2, -0.15) is 0 Å². The van der Waals surface area contributed by atoms with E-state index in [2.05, 4.69) is 45.8 Å². The Bertz CT molecular complexity index is 1280. The molecule has 0 aliphatic heterocycles. The number of alkyl halides is 1.